The molecule has 3 saturated heterocycles. The molecule has 1 amide bonds. The summed E-state index contributed by atoms with van der Waals surface area (Å²) in [5, 5.41) is 0. The Labute approximate surface area is 161 Å². The Morgan fingerprint density at radius 1 is 1.19 bits per heavy atom. The first-order chi connectivity index (χ1) is 13.3. The third-order valence-electron chi connectivity index (χ3n) is 6.07. The van der Waals surface area contributed by atoms with Crippen molar-refractivity contribution in [3.05, 3.63) is 18.0 Å². The van der Waals surface area contributed by atoms with E-state index in [-0.39, 0.29) is 18.1 Å². The van der Waals surface area contributed by atoms with E-state index in [0.29, 0.717) is 19.7 Å². The standard InChI is InChI=1S/C20H31N5O2/c1-2-23-10-4-3-7-17(23)19(26)25-13-14-27-18(15-25)16-8-9-21-20(22-16)24-11-5-6-12-24/h8-9,17-18H,2-7,10-15H2,1H3/t17-,18+/m1/s1. The van der Waals surface area contributed by atoms with E-state index in [2.05, 4.69) is 21.7 Å². The average molecular weight is 374 g/mol. The largest absolute Gasteiger partial charge is 0.368 e. The maximum absolute atomic E-state index is 13.2. The van der Waals surface area contributed by atoms with Gasteiger partial charge in [0.1, 0.15) is 6.10 Å². The zero-order valence-electron chi connectivity index (χ0n) is 16.3. The quantitative estimate of drug-likeness (QED) is 0.803. The van der Waals surface area contributed by atoms with Crippen molar-refractivity contribution in [1.29, 1.82) is 0 Å². The van der Waals surface area contributed by atoms with Crippen molar-refractivity contribution in [3.8, 4) is 0 Å². The van der Waals surface area contributed by atoms with Crippen LogP contribution in [0.25, 0.3) is 0 Å². The van der Waals surface area contributed by atoms with Crippen LogP contribution in [0.15, 0.2) is 12.3 Å². The predicted octanol–water partition coefficient (Wildman–Crippen LogP) is 1.85. The number of aromatic nitrogens is 2. The van der Waals surface area contributed by atoms with Crippen LogP contribution in [0.3, 0.4) is 0 Å². The minimum atomic E-state index is -0.161. The molecule has 0 bridgehead atoms. The number of piperidine rings is 1. The fourth-order valence-corrected chi connectivity index (χ4v) is 4.50. The van der Waals surface area contributed by atoms with Gasteiger partial charge in [-0.25, -0.2) is 9.97 Å². The van der Waals surface area contributed by atoms with Gasteiger partial charge >= 0.3 is 0 Å². The van der Waals surface area contributed by atoms with Gasteiger partial charge in [-0.1, -0.05) is 13.3 Å². The molecule has 1 aromatic heterocycles. The van der Waals surface area contributed by atoms with Gasteiger partial charge in [-0.3, -0.25) is 9.69 Å². The van der Waals surface area contributed by atoms with E-state index >= 15 is 0 Å². The van der Waals surface area contributed by atoms with Crippen LogP contribution in [0.4, 0.5) is 5.95 Å². The van der Waals surface area contributed by atoms with Gasteiger partial charge in [-0.2, -0.15) is 0 Å². The van der Waals surface area contributed by atoms with Crippen LogP contribution in [-0.4, -0.2) is 77.6 Å². The lowest BCUT2D eigenvalue weighted by Crippen LogP contribution is -2.53. The molecule has 4 heterocycles. The number of likely N-dealkylation sites (N-methyl/N-ethyl adjacent to an activating group) is 1. The third-order valence-corrected chi connectivity index (χ3v) is 6.07. The molecule has 1 aromatic rings. The minimum Gasteiger partial charge on any atom is -0.368 e. The van der Waals surface area contributed by atoms with Crippen molar-refractivity contribution in [3.63, 3.8) is 0 Å². The fraction of sp³-hybridized carbons (Fsp3) is 0.750. The third kappa shape index (κ3) is 4.09. The highest BCUT2D eigenvalue weighted by Crippen LogP contribution is 2.25. The zero-order valence-corrected chi connectivity index (χ0v) is 16.3. The molecule has 148 valence electrons. The maximum Gasteiger partial charge on any atom is 0.240 e. The van der Waals surface area contributed by atoms with Gasteiger partial charge in [0, 0.05) is 25.8 Å². The Morgan fingerprint density at radius 3 is 2.81 bits per heavy atom. The van der Waals surface area contributed by atoms with Crippen LogP contribution in [0.5, 0.6) is 0 Å². The SMILES string of the molecule is CCN1CCCC[C@@H]1C(=O)N1CCO[C@H](c2ccnc(N3CCCC3)n2)C1. The summed E-state index contributed by atoms with van der Waals surface area (Å²) in [5.41, 5.74) is 0.889. The van der Waals surface area contributed by atoms with Crippen LogP contribution < -0.4 is 4.90 Å². The number of rotatable bonds is 4. The number of carbonyl (C=O) groups excluding carboxylic acids is 1. The molecule has 0 unspecified atom stereocenters. The van der Waals surface area contributed by atoms with E-state index < -0.39 is 0 Å². The summed E-state index contributed by atoms with van der Waals surface area (Å²) in [6, 6.07) is 1.96. The minimum absolute atomic E-state index is 0.0352. The summed E-state index contributed by atoms with van der Waals surface area (Å²) in [4.78, 5) is 28.9. The first kappa shape index (κ1) is 18.6. The van der Waals surface area contributed by atoms with Gasteiger partial charge in [0.15, 0.2) is 0 Å². The molecule has 0 spiro atoms. The van der Waals surface area contributed by atoms with Gasteiger partial charge < -0.3 is 14.5 Å². The number of ether oxygens (including phenoxy) is 1. The van der Waals surface area contributed by atoms with Crippen LogP contribution in [0.1, 0.15) is 50.8 Å². The van der Waals surface area contributed by atoms with Crippen molar-refractivity contribution in [2.45, 2.75) is 51.2 Å². The molecule has 4 rings (SSSR count). The van der Waals surface area contributed by atoms with Crippen LogP contribution in [0, 0.1) is 0 Å². The molecule has 0 N–H and O–H groups in total. The second-order valence-electron chi connectivity index (χ2n) is 7.76. The number of anilines is 1. The molecular formula is C20H31N5O2. The van der Waals surface area contributed by atoms with Crippen molar-refractivity contribution in [2.24, 2.45) is 0 Å². The Bertz CT molecular complexity index is 649. The summed E-state index contributed by atoms with van der Waals surface area (Å²) < 4.78 is 5.99. The van der Waals surface area contributed by atoms with Crippen LogP contribution in [0.2, 0.25) is 0 Å². The van der Waals surface area contributed by atoms with Gasteiger partial charge in [0.2, 0.25) is 11.9 Å². The highest BCUT2D eigenvalue weighted by atomic mass is 16.5. The summed E-state index contributed by atoms with van der Waals surface area (Å²) in [6.45, 7) is 7.99. The van der Waals surface area contributed by atoms with E-state index in [1.807, 2.05) is 17.2 Å². The number of likely N-dealkylation sites (tertiary alicyclic amines) is 1. The van der Waals surface area contributed by atoms with Crippen LogP contribution in [-0.2, 0) is 9.53 Å². The molecule has 3 fully saturated rings. The second-order valence-corrected chi connectivity index (χ2v) is 7.76. The second kappa shape index (κ2) is 8.52. The first-order valence-electron chi connectivity index (χ1n) is 10.5. The van der Waals surface area contributed by atoms with E-state index in [9.17, 15) is 4.79 Å². The lowest BCUT2D eigenvalue weighted by atomic mass is 10.0. The van der Waals surface area contributed by atoms with E-state index in [0.717, 1.165) is 50.7 Å². The lowest BCUT2D eigenvalue weighted by molar-refractivity contribution is -0.146. The number of carbonyl (C=O) groups is 1. The Balaban J connectivity index is 1.45. The molecule has 3 aliphatic rings. The lowest BCUT2D eigenvalue weighted by Gasteiger charge is -2.40. The van der Waals surface area contributed by atoms with Gasteiger partial charge in [-0.05, 0) is 44.8 Å². The molecule has 0 aliphatic carbocycles. The predicted molar refractivity (Wildman–Crippen MR) is 104 cm³/mol. The Kier molecular flexibility index (Phi) is 5.88. The molecule has 0 radical (unpaired) electrons. The van der Waals surface area contributed by atoms with Gasteiger partial charge in [-0.15, -0.1) is 0 Å². The molecule has 3 aliphatic heterocycles. The topological polar surface area (TPSA) is 61.8 Å². The molecule has 27 heavy (non-hydrogen) atoms. The van der Waals surface area contributed by atoms with E-state index in [1.54, 1.807) is 0 Å². The Hall–Kier alpha value is -1.73. The Morgan fingerprint density at radius 2 is 2.00 bits per heavy atom. The molecule has 7 heteroatoms. The van der Waals surface area contributed by atoms with Crippen molar-refractivity contribution >= 4 is 11.9 Å². The number of nitrogens with zero attached hydrogens (tertiary/aromatic N) is 5. The summed E-state index contributed by atoms with van der Waals surface area (Å²) in [5.74, 6) is 1.06. The fourth-order valence-electron chi connectivity index (χ4n) is 4.50. The number of morpholine rings is 1. The van der Waals surface area contributed by atoms with E-state index in [4.69, 9.17) is 9.72 Å². The summed E-state index contributed by atoms with van der Waals surface area (Å²) in [7, 11) is 0. The van der Waals surface area contributed by atoms with Crippen molar-refractivity contribution in [2.75, 3.05) is 50.8 Å². The zero-order chi connectivity index (χ0) is 18.6. The summed E-state index contributed by atoms with van der Waals surface area (Å²) >= 11 is 0. The van der Waals surface area contributed by atoms with Crippen molar-refractivity contribution < 1.29 is 9.53 Å². The number of amides is 1. The number of hydrogen-bond donors (Lipinski definition) is 0. The monoisotopic (exact) mass is 373 g/mol. The molecule has 0 saturated carbocycles. The molecule has 0 aromatic carbocycles. The molecule has 7 nitrogen and oxygen atoms in total. The summed E-state index contributed by atoms with van der Waals surface area (Å²) in [6.07, 6.45) is 7.37. The highest BCUT2D eigenvalue weighted by Gasteiger charge is 2.34. The normalized spacial score (nSPS) is 27.1. The number of hydrogen-bond acceptors (Lipinski definition) is 6. The first-order valence-corrected chi connectivity index (χ1v) is 10.5. The molecule has 2 atom stereocenters. The maximum atomic E-state index is 13.2. The van der Waals surface area contributed by atoms with Crippen molar-refractivity contribution in [1.82, 2.24) is 19.8 Å². The van der Waals surface area contributed by atoms with Crippen LogP contribution >= 0.6 is 0 Å². The van der Waals surface area contributed by atoms with E-state index in [1.165, 1.54) is 19.3 Å². The smallest absolute Gasteiger partial charge is 0.240 e. The van der Waals surface area contributed by atoms with Gasteiger partial charge in [0.05, 0.1) is 24.9 Å². The highest BCUT2D eigenvalue weighted by molar-refractivity contribution is 5.82. The van der Waals surface area contributed by atoms with Gasteiger partial charge in [0.25, 0.3) is 0 Å². The molecular weight excluding hydrogens is 342 g/mol. The average Bonchev–Trinajstić information content (AvgIpc) is 3.28.